The summed E-state index contributed by atoms with van der Waals surface area (Å²) in [4.78, 5) is 0. The van der Waals surface area contributed by atoms with E-state index < -0.39 is 0 Å². The first kappa shape index (κ1) is 7.60. The van der Waals surface area contributed by atoms with Gasteiger partial charge in [-0.25, -0.2) is 0 Å². The summed E-state index contributed by atoms with van der Waals surface area (Å²) in [5, 5.41) is 0. The Morgan fingerprint density at radius 2 is 1.73 bits per heavy atom. The van der Waals surface area contributed by atoms with Gasteiger partial charge in [0.1, 0.15) is 0 Å². The maximum Gasteiger partial charge on any atom is 0.0500 e. The minimum atomic E-state index is 0.523. The summed E-state index contributed by atoms with van der Waals surface area (Å²) in [7, 11) is 0. The number of fused-ring (bicyclic) bond motifs is 1. The van der Waals surface area contributed by atoms with Crippen LogP contribution in [-0.2, 0) is 4.74 Å². The van der Waals surface area contributed by atoms with E-state index in [1.807, 2.05) is 0 Å². The van der Waals surface area contributed by atoms with Gasteiger partial charge in [0.15, 0.2) is 0 Å². The van der Waals surface area contributed by atoms with E-state index in [4.69, 9.17) is 4.74 Å². The van der Waals surface area contributed by atoms with Gasteiger partial charge in [-0.15, -0.1) is 0 Å². The predicted octanol–water partition coefficient (Wildman–Crippen LogP) is 2.32. The van der Waals surface area contributed by atoms with Crippen molar-refractivity contribution >= 4 is 0 Å². The zero-order chi connectivity index (χ0) is 8.06. The molecule has 1 saturated carbocycles. The highest BCUT2D eigenvalue weighted by molar-refractivity contribution is 5.01. The average molecular weight is 154 g/mol. The first-order valence-corrected chi connectivity index (χ1v) is 4.66. The first-order chi connectivity index (χ1) is 5.08. The molecule has 11 heavy (non-hydrogen) atoms. The van der Waals surface area contributed by atoms with Crippen LogP contribution < -0.4 is 0 Å². The van der Waals surface area contributed by atoms with E-state index in [0.717, 1.165) is 31.0 Å². The minimum Gasteiger partial charge on any atom is -0.381 e. The number of hydrogen-bond acceptors (Lipinski definition) is 1. The zero-order valence-corrected chi connectivity index (χ0v) is 7.76. The summed E-state index contributed by atoms with van der Waals surface area (Å²) in [5.74, 6) is 2.88. The van der Waals surface area contributed by atoms with Gasteiger partial charge in [0.25, 0.3) is 0 Å². The highest BCUT2D eigenvalue weighted by atomic mass is 16.5. The van der Waals surface area contributed by atoms with Gasteiger partial charge >= 0.3 is 0 Å². The lowest BCUT2D eigenvalue weighted by atomic mass is 9.88. The number of rotatable bonds is 1. The van der Waals surface area contributed by atoms with Gasteiger partial charge in [-0.1, -0.05) is 20.8 Å². The van der Waals surface area contributed by atoms with Crippen LogP contribution in [0.15, 0.2) is 0 Å². The Labute approximate surface area is 69.1 Å². The molecule has 0 bridgehead atoms. The Hall–Kier alpha value is -0.0400. The summed E-state index contributed by atoms with van der Waals surface area (Å²) in [6.45, 7) is 9.10. The van der Waals surface area contributed by atoms with Crippen LogP contribution in [0.3, 0.4) is 0 Å². The van der Waals surface area contributed by atoms with Crippen LogP contribution in [0.1, 0.15) is 27.2 Å². The molecule has 2 aliphatic rings. The monoisotopic (exact) mass is 154 g/mol. The van der Waals surface area contributed by atoms with Crippen LogP contribution in [0.2, 0.25) is 0 Å². The molecule has 0 aromatic heterocycles. The first-order valence-electron chi connectivity index (χ1n) is 4.66. The normalized spacial score (nSPS) is 42.3. The second-order valence-electron chi connectivity index (χ2n) is 5.29. The van der Waals surface area contributed by atoms with E-state index in [0.29, 0.717) is 5.41 Å². The Balaban J connectivity index is 1.83. The van der Waals surface area contributed by atoms with Crippen LogP contribution in [-0.4, -0.2) is 13.2 Å². The van der Waals surface area contributed by atoms with Crippen LogP contribution in [0.25, 0.3) is 0 Å². The highest BCUT2D eigenvalue weighted by Gasteiger charge is 2.54. The van der Waals surface area contributed by atoms with Gasteiger partial charge in [-0.05, 0) is 29.6 Å². The Kier molecular flexibility index (Phi) is 1.54. The summed E-state index contributed by atoms with van der Waals surface area (Å²) in [5.41, 5.74) is 0.523. The lowest BCUT2D eigenvalue weighted by Gasteiger charge is -2.18. The van der Waals surface area contributed by atoms with E-state index in [2.05, 4.69) is 20.8 Å². The van der Waals surface area contributed by atoms with E-state index in [9.17, 15) is 0 Å². The molecule has 64 valence electrons. The molecule has 1 heterocycles. The fourth-order valence-corrected chi connectivity index (χ4v) is 2.37. The largest absolute Gasteiger partial charge is 0.381 e. The number of hydrogen-bond donors (Lipinski definition) is 0. The van der Waals surface area contributed by atoms with E-state index in [1.165, 1.54) is 6.42 Å². The topological polar surface area (TPSA) is 9.23 Å². The van der Waals surface area contributed by atoms with Crippen molar-refractivity contribution in [1.82, 2.24) is 0 Å². The Bertz CT molecular complexity index is 147. The zero-order valence-electron chi connectivity index (χ0n) is 7.76. The number of ether oxygens (including phenoxy) is 1. The maximum atomic E-state index is 5.35. The quantitative estimate of drug-likeness (QED) is 0.563. The fourth-order valence-electron chi connectivity index (χ4n) is 2.37. The Morgan fingerprint density at radius 3 is 2.18 bits per heavy atom. The molecule has 2 rings (SSSR count). The fraction of sp³-hybridized carbons (Fsp3) is 1.00. The molecule has 1 heteroatoms. The molecular weight excluding hydrogens is 136 g/mol. The SMILES string of the molecule is CC(C)(C)CC1C2COCC21. The molecule has 1 nitrogen and oxygen atoms in total. The van der Waals surface area contributed by atoms with Crippen molar-refractivity contribution in [3.05, 3.63) is 0 Å². The molecule has 0 aromatic rings. The summed E-state index contributed by atoms with van der Waals surface area (Å²) < 4.78 is 5.35. The molecule has 1 aliphatic carbocycles. The molecule has 0 spiro atoms. The van der Waals surface area contributed by atoms with Gasteiger partial charge in [-0.2, -0.15) is 0 Å². The summed E-state index contributed by atoms with van der Waals surface area (Å²) >= 11 is 0. The second kappa shape index (κ2) is 2.22. The predicted molar refractivity (Wildman–Crippen MR) is 45.4 cm³/mol. The Morgan fingerprint density at radius 1 is 1.18 bits per heavy atom. The summed E-state index contributed by atoms with van der Waals surface area (Å²) in [6, 6.07) is 0. The molecule has 0 radical (unpaired) electrons. The van der Waals surface area contributed by atoms with Crippen molar-refractivity contribution in [3.63, 3.8) is 0 Å². The molecular formula is C10H18O. The molecule has 1 aliphatic heterocycles. The lowest BCUT2D eigenvalue weighted by Crippen LogP contribution is -2.09. The van der Waals surface area contributed by atoms with Gasteiger partial charge < -0.3 is 4.74 Å². The van der Waals surface area contributed by atoms with E-state index in [-0.39, 0.29) is 0 Å². The van der Waals surface area contributed by atoms with Crippen molar-refractivity contribution in [1.29, 1.82) is 0 Å². The summed E-state index contributed by atoms with van der Waals surface area (Å²) in [6.07, 6.45) is 1.39. The van der Waals surface area contributed by atoms with Crippen molar-refractivity contribution in [3.8, 4) is 0 Å². The van der Waals surface area contributed by atoms with Crippen LogP contribution in [0.5, 0.6) is 0 Å². The van der Waals surface area contributed by atoms with Crippen LogP contribution in [0.4, 0.5) is 0 Å². The molecule has 0 N–H and O–H groups in total. The molecule has 1 saturated heterocycles. The van der Waals surface area contributed by atoms with Crippen molar-refractivity contribution in [2.75, 3.05) is 13.2 Å². The molecule has 0 aromatic carbocycles. The van der Waals surface area contributed by atoms with Gasteiger partial charge in [-0.3, -0.25) is 0 Å². The van der Waals surface area contributed by atoms with Gasteiger partial charge in [0.05, 0.1) is 13.2 Å². The van der Waals surface area contributed by atoms with Crippen molar-refractivity contribution in [2.24, 2.45) is 23.2 Å². The van der Waals surface area contributed by atoms with Crippen molar-refractivity contribution < 1.29 is 4.74 Å². The molecule has 2 atom stereocenters. The second-order valence-corrected chi connectivity index (χ2v) is 5.29. The molecule has 2 fully saturated rings. The smallest absolute Gasteiger partial charge is 0.0500 e. The van der Waals surface area contributed by atoms with Gasteiger partial charge in [0.2, 0.25) is 0 Å². The molecule has 2 unspecified atom stereocenters. The minimum absolute atomic E-state index is 0.523. The van der Waals surface area contributed by atoms with E-state index >= 15 is 0 Å². The van der Waals surface area contributed by atoms with Crippen molar-refractivity contribution in [2.45, 2.75) is 27.2 Å². The van der Waals surface area contributed by atoms with E-state index in [1.54, 1.807) is 0 Å². The third-order valence-electron chi connectivity index (χ3n) is 2.98. The maximum absolute atomic E-state index is 5.35. The lowest BCUT2D eigenvalue weighted by molar-refractivity contribution is 0.141. The van der Waals surface area contributed by atoms with Crippen LogP contribution in [0, 0.1) is 23.2 Å². The highest BCUT2D eigenvalue weighted by Crippen LogP contribution is 2.55. The molecule has 0 amide bonds. The van der Waals surface area contributed by atoms with Crippen LogP contribution >= 0.6 is 0 Å². The van der Waals surface area contributed by atoms with Gasteiger partial charge in [0, 0.05) is 0 Å². The average Bonchev–Trinajstić information content (AvgIpc) is 2.39. The third-order valence-corrected chi connectivity index (χ3v) is 2.98. The third kappa shape index (κ3) is 1.44. The standard InChI is InChI=1S/C10H18O/c1-10(2,3)4-7-8-5-11-6-9(7)8/h7-9H,4-6H2,1-3H3.